The Morgan fingerprint density at radius 1 is 1.02 bits per heavy atom. The van der Waals surface area contributed by atoms with E-state index < -0.39 is 11.7 Å². The lowest BCUT2D eigenvalue weighted by Gasteiger charge is -2.22. The maximum Gasteiger partial charge on any atom is 0.254 e. The molecule has 0 unspecified atom stereocenters. The number of halogens is 1. The summed E-state index contributed by atoms with van der Waals surface area (Å²) in [4.78, 5) is 27.6. The number of nitrogens with one attached hydrogen (secondary N) is 1. The molecule has 1 N–H and O–H groups in total. The van der Waals surface area contributed by atoms with Crippen molar-refractivity contribution in [1.82, 2.24) is 25.1 Å². The molecule has 0 radical (unpaired) electrons. The lowest BCUT2D eigenvalue weighted by atomic mass is 10.00. The van der Waals surface area contributed by atoms with Crippen molar-refractivity contribution in [3.8, 4) is 11.4 Å². The van der Waals surface area contributed by atoms with Crippen LogP contribution in [0.3, 0.4) is 0 Å². The van der Waals surface area contributed by atoms with E-state index in [1.807, 2.05) is 79.9 Å². The Morgan fingerprint density at radius 2 is 1.80 bits per heavy atom. The van der Waals surface area contributed by atoms with Crippen molar-refractivity contribution in [2.45, 2.75) is 38.0 Å². The zero-order chi connectivity index (χ0) is 32.0. The number of thiophene rings is 1. The summed E-state index contributed by atoms with van der Waals surface area (Å²) in [5.41, 5.74) is 3.69. The van der Waals surface area contributed by atoms with Crippen molar-refractivity contribution in [2.75, 3.05) is 12.4 Å². The van der Waals surface area contributed by atoms with E-state index in [0.29, 0.717) is 29.8 Å². The Morgan fingerprint density at radius 3 is 2.52 bits per heavy atom. The second kappa shape index (κ2) is 14.1. The van der Waals surface area contributed by atoms with E-state index in [0.717, 1.165) is 27.4 Å². The van der Waals surface area contributed by atoms with Gasteiger partial charge >= 0.3 is 0 Å². The van der Waals surface area contributed by atoms with Gasteiger partial charge in [0.25, 0.3) is 11.8 Å². The van der Waals surface area contributed by atoms with Crippen LogP contribution in [0.25, 0.3) is 5.69 Å². The molecule has 6 rings (SSSR count). The number of hydrogen-bond acceptors (Lipinski definition) is 8. The predicted molar refractivity (Wildman–Crippen MR) is 177 cm³/mol. The molecular weight excluding hydrogens is 624 g/mol. The number of carbonyl (C=O) groups is 2. The van der Waals surface area contributed by atoms with Crippen molar-refractivity contribution < 1.29 is 18.7 Å². The third-order valence-corrected chi connectivity index (χ3v) is 9.22. The summed E-state index contributed by atoms with van der Waals surface area (Å²) in [5.74, 6) is -0.176. The fraction of sp³-hybridized carbons (Fsp3) is 0.206. The van der Waals surface area contributed by atoms with E-state index in [1.165, 1.54) is 30.0 Å². The second-order valence-corrected chi connectivity index (χ2v) is 12.4. The molecule has 234 valence electrons. The molecule has 1 atom stereocenters. The van der Waals surface area contributed by atoms with E-state index in [9.17, 15) is 14.0 Å². The number of nitrogens with zero attached hydrogens (tertiary/aromatic N) is 5. The maximum absolute atomic E-state index is 14.2. The molecule has 3 aromatic carbocycles. The first kappa shape index (κ1) is 31.2. The highest BCUT2D eigenvalue weighted by molar-refractivity contribution is 7.99. The number of ether oxygens (including phenoxy) is 1. The van der Waals surface area contributed by atoms with Crippen LogP contribution in [0.4, 0.5) is 4.39 Å². The van der Waals surface area contributed by atoms with Gasteiger partial charge in [0.1, 0.15) is 11.6 Å². The van der Waals surface area contributed by atoms with Gasteiger partial charge in [-0.05, 0) is 67.3 Å². The minimum atomic E-state index is -0.613. The highest BCUT2D eigenvalue weighted by atomic mass is 32.2. The van der Waals surface area contributed by atoms with E-state index in [4.69, 9.17) is 9.84 Å². The molecule has 1 aliphatic heterocycles. The number of amides is 2. The number of hydrogen-bond donors (Lipinski definition) is 1. The monoisotopic (exact) mass is 654 g/mol. The van der Waals surface area contributed by atoms with Crippen LogP contribution in [0, 0.1) is 12.7 Å². The lowest BCUT2D eigenvalue weighted by molar-refractivity contribution is -0.130. The molecule has 3 heterocycles. The Hall–Kier alpha value is -4.81. The van der Waals surface area contributed by atoms with Crippen LogP contribution in [0.2, 0.25) is 0 Å². The molecule has 5 aromatic rings. The van der Waals surface area contributed by atoms with Crippen molar-refractivity contribution in [3.05, 3.63) is 124 Å². The Bertz CT molecular complexity index is 1860. The fourth-order valence-electron chi connectivity index (χ4n) is 5.10. The van der Waals surface area contributed by atoms with Crippen molar-refractivity contribution in [3.63, 3.8) is 0 Å². The molecule has 0 aliphatic carbocycles. The molecule has 12 heteroatoms. The van der Waals surface area contributed by atoms with E-state index in [1.54, 1.807) is 27.0 Å². The van der Waals surface area contributed by atoms with Crippen LogP contribution in [0.15, 0.2) is 101 Å². The van der Waals surface area contributed by atoms with E-state index >= 15 is 0 Å². The molecular formula is C34H31FN6O3S2. The highest BCUT2D eigenvalue weighted by Crippen LogP contribution is 2.35. The minimum Gasteiger partial charge on any atom is -0.494 e. The average molecular weight is 655 g/mol. The molecule has 9 nitrogen and oxygen atoms in total. The largest absolute Gasteiger partial charge is 0.494 e. The van der Waals surface area contributed by atoms with Crippen LogP contribution in [0.1, 0.15) is 51.6 Å². The molecule has 0 spiro atoms. The van der Waals surface area contributed by atoms with Gasteiger partial charge in [0, 0.05) is 12.1 Å². The molecule has 2 amide bonds. The topological polar surface area (TPSA) is 102 Å². The summed E-state index contributed by atoms with van der Waals surface area (Å²) in [7, 11) is 0. The lowest BCUT2D eigenvalue weighted by Crippen LogP contribution is -2.28. The zero-order valence-electron chi connectivity index (χ0n) is 25.2. The van der Waals surface area contributed by atoms with Crippen molar-refractivity contribution >= 4 is 40.6 Å². The fourth-order valence-corrected chi connectivity index (χ4v) is 6.64. The van der Waals surface area contributed by atoms with Gasteiger partial charge in [-0.2, -0.15) is 5.10 Å². The Labute approximate surface area is 274 Å². The molecule has 0 fully saturated rings. The third-order valence-electron chi connectivity index (χ3n) is 7.39. The molecule has 0 saturated carbocycles. The number of thioether (sulfide) groups is 1. The summed E-state index contributed by atoms with van der Waals surface area (Å²) >= 11 is 2.83. The van der Waals surface area contributed by atoms with Gasteiger partial charge in [-0.3, -0.25) is 14.2 Å². The minimum absolute atomic E-state index is 0.0159. The summed E-state index contributed by atoms with van der Waals surface area (Å²) in [5, 5.41) is 20.3. The quantitative estimate of drug-likeness (QED) is 0.162. The summed E-state index contributed by atoms with van der Waals surface area (Å²) in [6, 6.07) is 25.1. The van der Waals surface area contributed by atoms with Crippen molar-refractivity contribution in [2.24, 2.45) is 5.10 Å². The number of rotatable bonds is 11. The van der Waals surface area contributed by atoms with Crippen LogP contribution < -0.4 is 10.1 Å². The van der Waals surface area contributed by atoms with Crippen LogP contribution in [0.5, 0.6) is 5.75 Å². The normalized spacial score (nSPS) is 14.3. The summed E-state index contributed by atoms with van der Waals surface area (Å²) in [6.07, 6.45) is 0.619. The SMILES string of the molecule is CCOc1ccc(-n2c(CNC(=O)c3ccccc3F)nnc2SCC(=O)N2N=C(c3cccs3)C[C@@H]2c2ccc(C)cc2)cc1. The van der Waals surface area contributed by atoms with Gasteiger partial charge in [-0.15, -0.1) is 21.5 Å². The van der Waals surface area contributed by atoms with Gasteiger partial charge in [0.15, 0.2) is 11.0 Å². The maximum atomic E-state index is 14.2. The van der Waals surface area contributed by atoms with Crippen LogP contribution >= 0.6 is 23.1 Å². The van der Waals surface area contributed by atoms with Gasteiger partial charge in [0.2, 0.25) is 0 Å². The molecule has 2 aromatic heterocycles. The summed E-state index contributed by atoms with van der Waals surface area (Å²) < 4.78 is 21.6. The van der Waals surface area contributed by atoms with E-state index in [2.05, 4.69) is 15.5 Å². The van der Waals surface area contributed by atoms with Crippen LogP contribution in [-0.4, -0.2) is 49.7 Å². The second-order valence-electron chi connectivity index (χ2n) is 10.5. The standard InChI is InChI=1S/C34H31FN6O3S2/c1-3-44-25-16-14-24(15-17-25)40-31(20-36-33(43)26-7-4-5-8-27(26)35)37-38-34(40)46-21-32(42)41-29(23-12-10-22(2)11-13-23)19-28(39-41)30-9-6-18-45-30/h4-18,29H,3,19-21H2,1-2H3,(H,36,43)/t29-/m1/s1. The highest BCUT2D eigenvalue weighted by Gasteiger charge is 2.33. The van der Waals surface area contributed by atoms with Gasteiger partial charge in [0.05, 0.1) is 41.1 Å². The first-order chi connectivity index (χ1) is 22.4. The molecule has 46 heavy (non-hydrogen) atoms. The third kappa shape index (κ3) is 6.87. The zero-order valence-corrected chi connectivity index (χ0v) is 26.9. The number of aryl methyl sites for hydroxylation is 1. The number of benzene rings is 3. The van der Waals surface area contributed by atoms with Gasteiger partial charge in [-0.25, -0.2) is 9.40 Å². The van der Waals surface area contributed by atoms with Gasteiger partial charge in [-0.1, -0.05) is 59.8 Å². The Balaban J connectivity index is 1.24. The average Bonchev–Trinajstić information content (AvgIpc) is 3.84. The first-order valence-electron chi connectivity index (χ1n) is 14.7. The van der Waals surface area contributed by atoms with Gasteiger partial charge < -0.3 is 10.1 Å². The summed E-state index contributed by atoms with van der Waals surface area (Å²) in [6.45, 7) is 4.45. The first-order valence-corrected chi connectivity index (χ1v) is 16.6. The number of aromatic nitrogens is 3. The molecule has 0 bridgehead atoms. The smallest absolute Gasteiger partial charge is 0.254 e. The number of hydrazone groups is 1. The molecule has 0 saturated heterocycles. The Kier molecular flexibility index (Phi) is 9.55. The predicted octanol–water partition coefficient (Wildman–Crippen LogP) is 6.58. The number of carbonyl (C=O) groups excluding carboxylic acids is 2. The van der Waals surface area contributed by atoms with Crippen LogP contribution in [-0.2, 0) is 11.3 Å². The van der Waals surface area contributed by atoms with E-state index in [-0.39, 0.29) is 29.8 Å². The molecule has 1 aliphatic rings. The van der Waals surface area contributed by atoms with Crippen molar-refractivity contribution in [1.29, 1.82) is 0 Å².